The molecule has 0 aromatic rings. The van der Waals surface area contributed by atoms with E-state index in [0.29, 0.717) is 13.0 Å². The summed E-state index contributed by atoms with van der Waals surface area (Å²) < 4.78 is 35.4. The fourth-order valence-electron chi connectivity index (χ4n) is 1.58. The number of carbonyl (C=O) groups excluding carboxylic acids is 1. The van der Waals surface area contributed by atoms with Gasteiger partial charge >= 0.3 is 6.18 Å². The van der Waals surface area contributed by atoms with Crippen molar-refractivity contribution in [2.75, 3.05) is 20.1 Å². The zero-order chi connectivity index (χ0) is 11.5. The van der Waals surface area contributed by atoms with Crippen molar-refractivity contribution in [3.05, 3.63) is 0 Å². The number of alkyl halides is 3. The maximum Gasteiger partial charge on any atom is 0.389 e. The van der Waals surface area contributed by atoms with Crippen LogP contribution in [-0.2, 0) is 4.79 Å². The molecule has 1 N–H and O–H groups in total. The highest BCUT2D eigenvalue weighted by atomic mass is 19.4. The monoisotopic (exact) mass is 224 g/mol. The van der Waals surface area contributed by atoms with Gasteiger partial charge in [0.05, 0.1) is 6.04 Å². The molecule has 1 atom stereocenters. The lowest BCUT2D eigenvalue weighted by Crippen LogP contribution is -2.37. The van der Waals surface area contributed by atoms with Gasteiger partial charge in [-0.15, -0.1) is 0 Å². The number of hydrogen-bond donors (Lipinski definition) is 1. The average molecular weight is 224 g/mol. The molecule has 1 amide bonds. The molecule has 0 aliphatic carbocycles. The van der Waals surface area contributed by atoms with E-state index in [1.165, 1.54) is 0 Å². The lowest BCUT2D eigenvalue weighted by Gasteiger charge is -2.12. The summed E-state index contributed by atoms with van der Waals surface area (Å²) in [7, 11) is 1.69. The van der Waals surface area contributed by atoms with Crippen molar-refractivity contribution in [2.24, 2.45) is 0 Å². The van der Waals surface area contributed by atoms with Gasteiger partial charge in [-0.3, -0.25) is 4.79 Å². The molecule has 0 saturated carbocycles. The van der Waals surface area contributed by atoms with Crippen molar-refractivity contribution in [2.45, 2.75) is 31.5 Å². The molecule has 1 rings (SSSR count). The first kappa shape index (κ1) is 12.3. The predicted molar refractivity (Wildman–Crippen MR) is 49.3 cm³/mol. The summed E-state index contributed by atoms with van der Waals surface area (Å²) in [6.07, 6.45) is -4.19. The fraction of sp³-hybridized carbons (Fsp3) is 0.889. The summed E-state index contributed by atoms with van der Waals surface area (Å²) in [5.74, 6) is -0.0259. The molecule has 1 aliphatic heterocycles. The molecule has 0 aromatic carbocycles. The van der Waals surface area contributed by atoms with Crippen LogP contribution in [0.1, 0.15) is 19.3 Å². The first-order valence-corrected chi connectivity index (χ1v) is 4.95. The molecule has 1 saturated heterocycles. The van der Waals surface area contributed by atoms with Crippen LogP contribution in [0.5, 0.6) is 0 Å². The Kier molecular flexibility index (Phi) is 3.96. The first-order chi connectivity index (χ1) is 6.90. The van der Waals surface area contributed by atoms with Gasteiger partial charge in [-0.25, -0.2) is 0 Å². The molecule has 0 bridgehead atoms. The molecule has 1 heterocycles. The molecule has 0 aromatic heterocycles. The smallest absolute Gasteiger partial charge is 0.344 e. The van der Waals surface area contributed by atoms with Crippen LogP contribution in [0, 0.1) is 0 Å². The van der Waals surface area contributed by atoms with Gasteiger partial charge in [-0.2, -0.15) is 13.2 Å². The Morgan fingerprint density at radius 2 is 2.20 bits per heavy atom. The highest BCUT2D eigenvalue weighted by Gasteiger charge is 2.29. The van der Waals surface area contributed by atoms with E-state index in [1.807, 2.05) is 0 Å². The topological polar surface area (TPSA) is 32.3 Å². The Hall–Kier alpha value is -0.780. The zero-order valence-corrected chi connectivity index (χ0v) is 8.60. The van der Waals surface area contributed by atoms with E-state index in [0.717, 1.165) is 0 Å². The molecule has 1 aliphatic rings. The van der Waals surface area contributed by atoms with Crippen molar-refractivity contribution < 1.29 is 18.0 Å². The van der Waals surface area contributed by atoms with E-state index >= 15 is 0 Å². The summed E-state index contributed by atoms with van der Waals surface area (Å²) in [5.41, 5.74) is 0. The summed E-state index contributed by atoms with van der Waals surface area (Å²) in [6, 6.07) is -0.289. The average Bonchev–Trinajstić information content (AvgIpc) is 2.42. The second-order valence-electron chi connectivity index (χ2n) is 3.77. The Bertz CT molecular complexity index is 230. The number of nitrogens with zero attached hydrogens (tertiary/aromatic N) is 1. The van der Waals surface area contributed by atoms with E-state index in [4.69, 9.17) is 0 Å². The van der Waals surface area contributed by atoms with Crippen molar-refractivity contribution >= 4 is 5.91 Å². The summed E-state index contributed by atoms with van der Waals surface area (Å²) in [6.45, 7) is 0.916. The third kappa shape index (κ3) is 4.07. The van der Waals surface area contributed by atoms with Crippen LogP contribution in [-0.4, -0.2) is 43.2 Å². The minimum atomic E-state index is -4.10. The van der Waals surface area contributed by atoms with Gasteiger partial charge in [0, 0.05) is 20.0 Å². The molecule has 0 radical (unpaired) electrons. The molecule has 15 heavy (non-hydrogen) atoms. The lowest BCUT2D eigenvalue weighted by atomic mass is 10.2. The number of carbonyl (C=O) groups is 1. The highest BCUT2D eigenvalue weighted by molar-refractivity contribution is 5.83. The number of nitrogens with one attached hydrogen (secondary N) is 1. The van der Waals surface area contributed by atoms with Crippen molar-refractivity contribution in [3.63, 3.8) is 0 Å². The van der Waals surface area contributed by atoms with Crippen molar-refractivity contribution in [1.82, 2.24) is 10.2 Å². The predicted octanol–water partition coefficient (Wildman–Crippen LogP) is 1.15. The number of likely N-dealkylation sites (tertiary alicyclic amines) is 1. The van der Waals surface area contributed by atoms with Crippen LogP contribution >= 0.6 is 0 Å². The molecular weight excluding hydrogens is 209 g/mol. The largest absolute Gasteiger partial charge is 0.389 e. The van der Waals surface area contributed by atoms with Crippen molar-refractivity contribution in [3.8, 4) is 0 Å². The quantitative estimate of drug-likeness (QED) is 0.726. The number of rotatable bonds is 4. The fourth-order valence-corrected chi connectivity index (χ4v) is 1.58. The molecule has 1 fully saturated rings. The second kappa shape index (κ2) is 4.83. The van der Waals surface area contributed by atoms with Crippen LogP contribution in [0.15, 0.2) is 0 Å². The zero-order valence-electron chi connectivity index (χ0n) is 8.60. The molecule has 6 heteroatoms. The SMILES string of the molecule is CN1CCC(NCCCC(F)(F)F)C1=O. The molecule has 88 valence electrons. The third-order valence-corrected chi connectivity index (χ3v) is 2.46. The minimum absolute atomic E-state index is 0.0248. The number of hydrogen-bond acceptors (Lipinski definition) is 2. The minimum Gasteiger partial charge on any atom is -0.344 e. The summed E-state index contributed by atoms with van der Waals surface area (Å²) in [5, 5.41) is 2.84. The van der Waals surface area contributed by atoms with Gasteiger partial charge in [0.25, 0.3) is 0 Å². The van der Waals surface area contributed by atoms with Crippen LogP contribution in [0.25, 0.3) is 0 Å². The summed E-state index contributed by atoms with van der Waals surface area (Å²) in [4.78, 5) is 12.9. The van der Waals surface area contributed by atoms with Crippen LogP contribution < -0.4 is 5.32 Å². The third-order valence-electron chi connectivity index (χ3n) is 2.46. The van der Waals surface area contributed by atoms with Gasteiger partial charge in [0.1, 0.15) is 0 Å². The van der Waals surface area contributed by atoms with Gasteiger partial charge < -0.3 is 10.2 Å². The molecule has 3 nitrogen and oxygen atoms in total. The Morgan fingerprint density at radius 3 is 2.67 bits per heavy atom. The van der Waals surface area contributed by atoms with Crippen LogP contribution in [0.3, 0.4) is 0 Å². The normalized spacial score (nSPS) is 22.5. The molecule has 1 unspecified atom stereocenters. The Labute approximate surface area is 86.6 Å². The Balaban J connectivity index is 2.14. The number of halogens is 3. The molecular formula is C9H15F3N2O. The standard InChI is InChI=1S/C9H15F3N2O/c1-14-6-3-7(8(14)15)13-5-2-4-9(10,11)12/h7,13H,2-6H2,1H3. The van der Waals surface area contributed by atoms with Gasteiger partial charge in [-0.1, -0.05) is 0 Å². The maximum atomic E-state index is 11.8. The van der Waals surface area contributed by atoms with E-state index in [2.05, 4.69) is 5.32 Å². The maximum absolute atomic E-state index is 11.8. The van der Waals surface area contributed by atoms with Gasteiger partial charge in [0.2, 0.25) is 5.91 Å². The highest BCUT2D eigenvalue weighted by Crippen LogP contribution is 2.20. The van der Waals surface area contributed by atoms with E-state index in [-0.39, 0.29) is 24.9 Å². The first-order valence-electron chi connectivity index (χ1n) is 4.95. The van der Waals surface area contributed by atoms with Gasteiger partial charge in [-0.05, 0) is 19.4 Å². The van der Waals surface area contributed by atoms with Crippen molar-refractivity contribution in [1.29, 1.82) is 0 Å². The second-order valence-corrected chi connectivity index (χ2v) is 3.77. The number of amides is 1. The van der Waals surface area contributed by atoms with Crippen LogP contribution in [0.2, 0.25) is 0 Å². The Morgan fingerprint density at radius 1 is 1.53 bits per heavy atom. The van der Waals surface area contributed by atoms with Gasteiger partial charge in [0.15, 0.2) is 0 Å². The van der Waals surface area contributed by atoms with Crippen LogP contribution in [0.4, 0.5) is 13.2 Å². The summed E-state index contributed by atoms with van der Waals surface area (Å²) >= 11 is 0. The van der Waals surface area contributed by atoms with E-state index < -0.39 is 12.6 Å². The lowest BCUT2D eigenvalue weighted by molar-refractivity contribution is -0.135. The number of likely N-dealkylation sites (N-methyl/N-ethyl adjacent to an activating group) is 1. The van der Waals surface area contributed by atoms with E-state index in [1.54, 1.807) is 11.9 Å². The van der Waals surface area contributed by atoms with E-state index in [9.17, 15) is 18.0 Å². The molecule has 0 spiro atoms.